The third-order valence-electron chi connectivity index (χ3n) is 4.11. The van der Waals surface area contributed by atoms with Gasteiger partial charge >= 0.3 is 0 Å². The largest absolute Gasteiger partial charge is 0.325 e. The fourth-order valence-electron chi connectivity index (χ4n) is 2.78. The first-order chi connectivity index (χ1) is 8.54. The molecule has 1 N–H and O–H groups in total. The van der Waals surface area contributed by atoms with Crippen LogP contribution in [0.1, 0.15) is 60.3 Å². The molecular formula is C15H30N2O. The Morgan fingerprint density at radius 2 is 1.83 bits per heavy atom. The molecule has 1 heterocycles. The third-order valence-corrected chi connectivity index (χ3v) is 4.11. The summed E-state index contributed by atoms with van der Waals surface area (Å²) in [7, 11) is 0. The molecule has 1 rings (SSSR count). The monoisotopic (exact) mass is 254 g/mol. The zero-order valence-corrected chi connectivity index (χ0v) is 12.7. The molecule has 0 aliphatic carbocycles. The van der Waals surface area contributed by atoms with Crippen LogP contribution in [0.15, 0.2) is 0 Å². The standard InChI is InChI=1S/C15H30N2O/c1-6-9-13-15(18)17(10-12(7-2)8-3)14(16-13)11(4)5/h11-14,16H,6-10H2,1-5H3. The Kier molecular flexibility index (Phi) is 6.13. The van der Waals surface area contributed by atoms with Crippen LogP contribution < -0.4 is 5.32 Å². The molecule has 1 amide bonds. The summed E-state index contributed by atoms with van der Waals surface area (Å²) in [6, 6.07) is 0.0526. The predicted molar refractivity (Wildman–Crippen MR) is 76.2 cm³/mol. The summed E-state index contributed by atoms with van der Waals surface area (Å²) in [4.78, 5) is 14.5. The summed E-state index contributed by atoms with van der Waals surface area (Å²) in [6.45, 7) is 11.9. The minimum atomic E-state index is 0.0526. The topological polar surface area (TPSA) is 32.3 Å². The zero-order valence-electron chi connectivity index (χ0n) is 12.7. The third kappa shape index (κ3) is 3.47. The molecule has 3 heteroatoms. The van der Waals surface area contributed by atoms with E-state index in [1.54, 1.807) is 0 Å². The normalized spacial score (nSPS) is 24.6. The number of nitrogens with zero attached hydrogens (tertiary/aromatic N) is 1. The van der Waals surface area contributed by atoms with Crippen LogP contribution in [0.5, 0.6) is 0 Å². The maximum absolute atomic E-state index is 12.4. The molecule has 106 valence electrons. The Bertz CT molecular complexity index is 261. The van der Waals surface area contributed by atoms with E-state index in [1.165, 1.54) is 0 Å². The van der Waals surface area contributed by atoms with E-state index in [0.717, 1.165) is 32.2 Å². The average Bonchev–Trinajstić information content (AvgIpc) is 2.65. The Morgan fingerprint density at radius 3 is 2.28 bits per heavy atom. The number of hydrogen-bond acceptors (Lipinski definition) is 2. The summed E-state index contributed by atoms with van der Waals surface area (Å²) in [5.41, 5.74) is 0. The smallest absolute Gasteiger partial charge is 0.241 e. The van der Waals surface area contributed by atoms with Crippen LogP contribution in [0.4, 0.5) is 0 Å². The minimum absolute atomic E-state index is 0.0526. The van der Waals surface area contributed by atoms with Crippen molar-refractivity contribution in [1.82, 2.24) is 10.2 Å². The van der Waals surface area contributed by atoms with Crippen LogP contribution in [0.3, 0.4) is 0 Å². The first-order valence-corrected chi connectivity index (χ1v) is 7.61. The van der Waals surface area contributed by atoms with Gasteiger partial charge in [-0.15, -0.1) is 0 Å². The Balaban J connectivity index is 2.74. The predicted octanol–water partition coefficient (Wildman–Crippen LogP) is 3.01. The quantitative estimate of drug-likeness (QED) is 0.757. The minimum Gasteiger partial charge on any atom is -0.325 e. The van der Waals surface area contributed by atoms with Crippen molar-refractivity contribution in [2.45, 2.75) is 72.5 Å². The second-order valence-corrected chi connectivity index (χ2v) is 5.87. The highest BCUT2D eigenvalue weighted by Crippen LogP contribution is 2.23. The SMILES string of the molecule is CCCC1NC(C(C)C)N(CC(CC)CC)C1=O. The molecule has 1 saturated heterocycles. The van der Waals surface area contributed by atoms with Gasteiger partial charge in [0, 0.05) is 6.54 Å². The van der Waals surface area contributed by atoms with Crippen molar-refractivity contribution in [2.24, 2.45) is 11.8 Å². The van der Waals surface area contributed by atoms with Gasteiger partial charge in [-0.05, 0) is 18.3 Å². The maximum atomic E-state index is 12.4. The fourth-order valence-corrected chi connectivity index (χ4v) is 2.78. The molecule has 0 spiro atoms. The molecule has 1 aliphatic heterocycles. The Hall–Kier alpha value is -0.570. The second-order valence-electron chi connectivity index (χ2n) is 5.87. The molecule has 0 radical (unpaired) electrons. The van der Waals surface area contributed by atoms with E-state index >= 15 is 0 Å². The molecule has 18 heavy (non-hydrogen) atoms. The van der Waals surface area contributed by atoms with Gasteiger partial charge in [-0.2, -0.15) is 0 Å². The van der Waals surface area contributed by atoms with Crippen LogP contribution in [-0.4, -0.2) is 29.6 Å². The van der Waals surface area contributed by atoms with Crippen molar-refractivity contribution in [3.8, 4) is 0 Å². The lowest BCUT2D eigenvalue weighted by Gasteiger charge is -2.30. The molecule has 0 bridgehead atoms. The van der Waals surface area contributed by atoms with Crippen molar-refractivity contribution in [3.05, 3.63) is 0 Å². The maximum Gasteiger partial charge on any atom is 0.241 e. The molecule has 1 fully saturated rings. The lowest BCUT2D eigenvalue weighted by Crippen LogP contribution is -2.43. The van der Waals surface area contributed by atoms with Crippen LogP contribution in [0.2, 0.25) is 0 Å². The van der Waals surface area contributed by atoms with Crippen LogP contribution >= 0.6 is 0 Å². The van der Waals surface area contributed by atoms with Crippen molar-refractivity contribution >= 4 is 5.91 Å². The van der Waals surface area contributed by atoms with Gasteiger partial charge in [-0.25, -0.2) is 0 Å². The molecule has 2 unspecified atom stereocenters. The highest BCUT2D eigenvalue weighted by Gasteiger charge is 2.39. The summed E-state index contributed by atoms with van der Waals surface area (Å²) < 4.78 is 0. The van der Waals surface area contributed by atoms with Crippen molar-refractivity contribution in [3.63, 3.8) is 0 Å². The van der Waals surface area contributed by atoms with Gasteiger partial charge in [0.05, 0.1) is 12.2 Å². The van der Waals surface area contributed by atoms with Gasteiger partial charge < -0.3 is 4.90 Å². The van der Waals surface area contributed by atoms with E-state index in [2.05, 4.69) is 44.8 Å². The number of hydrogen-bond donors (Lipinski definition) is 1. The second kappa shape index (κ2) is 7.13. The highest BCUT2D eigenvalue weighted by molar-refractivity contribution is 5.84. The summed E-state index contributed by atoms with van der Waals surface area (Å²) in [5.74, 6) is 1.44. The van der Waals surface area contributed by atoms with E-state index in [1.807, 2.05) is 0 Å². The first kappa shape index (κ1) is 15.5. The Morgan fingerprint density at radius 1 is 1.22 bits per heavy atom. The molecular weight excluding hydrogens is 224 g/mol. The summed E-state index contributed by atoms with van der Waals surface area (Å²) in [6.07, 6.45) is 4.57. The number of amides is 1. The first-order valence-electron chi connectivity index (χ1n) is 7.61. The molecule has 1 aliphatic rings. The number of carbonyl (C=O) groups is 1. The van der Waals surface area contributed by atoms with Gasteiger partial charge in [0.2, 0.25) is 5.91 Å². The van der Waals surface area contributed by atoms with E-state index in [-0.39, 0.29) is 12.2 Å². The molecule has 0 saturated carbocycles. The Labute approximate surface area is 112 Å². The van der Waals surface area contributed by atoms with Crippen LogP contribution in [-0.2, 0) is 4.79 Å². The van der Waals surface area contributed by atoms with Crippen molar-refractivity contribution in [1.29, 1.82) is 0 Å². The van der Waals surface area contributed by atoms with E-state index < -0.39 is 0 Å². The lowest BCUT2D eigenvalue weighted by atomic mass is 10.0. The highest BCUT2D eigenvalue weighted by atomic mass is 16.2. The van der Waals surface area contributed by atoms with Crippen molar-refractivity contribution in [2.75, 3.05) is 6.54 Å². The zero-order chi connectivity index (χ0) is 13.7. The van der Waals surface area contributed by atoms with Gasteiger partial charge in [0.1, 0.15) is 0 Å². The lowest BCUT2D eigenvalue weighted by molar-refractivity contribution is -0.131. The molecule has 3 nitrogen and oxygen atoms in total. The van der Waals surface area contributed by atoms with E-state index in [0.29, 0.717) is 17.7 Å². The van der Waals surface area contributed by atoms with Gasteiger partial charge in [0.25, 0.3) is 0 Å². The van der Waals surface area contributed by atoms with Gasteiger partial charge in [-0.3, -0.25) is 10.1 Å². The molecule has 0 aromatic carbocycles. The van der Waals surface area contributed by atoms with Gasteiger partial charge in [0.15, 0.2) is 0 Å². The molecule has 2 atom stereocenters. The summed E-state index contributed by atoms with van der Waals surface area (Å²) >= 11 is 0. The van der Waals surface area contributed by atoms with Gasteiger partial charge in [-0.1, -0.05) is 53.9 Å². The average molecular weight is 254 g/mol. The van der Waals surface area contributed by atoms with E-state index in [9.17, 15) is 4.79 Å². The molecule has 0 aromatic rings. The van der Waals surface area contributed by atoms with Crippen LogP contribution in [0.25, 0.3) is 0 Å². The van der Waals surface area contributed by atoms with Crippen LogP contribution in [0, 0.1) is 11.8 Å². The fraction of sp³-hybridized carbons (Fsp3) is 0.933. The number of carbonyl (C=O) groups excluding carboxylic acids is 1. The number of rotatable bonds is 7. The van der Waals surface area contributed by atoms with E-state index in [4.69, 9.17) is 0 Å². The molecule has 0 aromatic heterocycles. The summed E-state index contributed by atoms with van der Waals surface area (Å²) in [5, 5.41) is 3.52. The number of nitrogens with one attached hydrogen (secondary N) is 1. The van der Waals surface area contributed by atoms with Crippen molar-refractivity contribution < 1.29 is 4.79 Å².